The van der Waals surface area contributed by atoms with Gasteiger partial charge in [-0.3, -0.25) is 14.4 Å². The van der Waals surface area contributed by atoms with Gasteiger partial charge in [0, 0.05) is 30.5 Å². The zero-order chi connectivity index (χ0) is 31.5. The SMILES string of the molecule is C=CCN(Cc1ccccc1)C(=O)[C@H]1[C@H]2C(=O)N([C@@H](CO)CC(C)C)C(C(=O)N(CC=C)C(C)CCC)C23CC(Br)[C@@H]1O3. The summed E-state index contributed by atoms with van der Waals surface area (Å²) < 4.78 is 6.77. The Morgan fingerprint density at radius 1 is 1.16 bits per heavy atom. The zero-order valence-corrected chi connectivity index (χ0v) is 27.6. The topological polar surface area (TPSA) is 90.4 Å². The van der Waals surface area contributed by atoms with Crippen LogP contribution in [0.15, 0.2) is 55.6 Å². The number of nitrogens with zero attached hydrogens (tertiary/aromatic N) is 3. The Kier molecular flexibility index (Phi) is 10.9. The first-order valence-electron chi connectivity index (χ1n) is 15.7. The van der Waals surface area contributed by atoms with E-state index in [1.54, 1.807) is 26.9 Å². The first-order valence-corrected chi connectivity index (χ1v) is 16.6. The quantitative estimate of drug-likeness (QED) is 0.221. The second kappa shape index (κ2) is 14.1. The number of alkyl halides is 1. The van der Waals surface area contributed by atoms with Gasteiger partial charge in [0.2, 0.25) is 17.7 Å². The van der Waals surface area contributed by atoms with Crippen molar-refractivity contribution in [3.05, 3.63) is 61.2 Å². The second-order valence-electron chi connectivity index (χ2n) is 12.8. The van der Waals surface area contributed by atoms with Gasteiger partial charge >= 0.3 is 0 Å². The molecule has 1 aromatic rings. The number of carbonyl (C=O) groups is 3. The van der Waals surface area contributed by atoms with Crippen LogP contribution < -0.4 is 0 Å². The average Bonchev–Trinajstić information content (AvgIpc) is 3.57. The maximum atomic E-state index is 14.7. The summed E-state index contributed by atoms with van der Waals surface area (Å²) in [7, 11) is 0. The summed E-state index contributed by atoms with van der Waals surface area (Å²) in [5.41, 5.74) is -0.211. The summed E-state index contributed by atoms with van der Waals surface area (Å²) in [6.45, 7) is 16.7. The van der Waals surface area contributed by atoms with Crippen molar-refractivity contribution in [2.45, 2.75) is 94.6 Å². The van der Waals surface area contributed by atoms with Gasteiger partial charge in [0.25, 0.3) is 0 Å². The molecule has 8 atom stereocenters. The summed E-state index contributed by atoms with van der Waals surface area (Å²) in [5.74, 6) is -2.09. The van der Waals surface area contributed by atoms with Gasteiger partial charge in [-0.15, -0.1) is 13.2 Å². The minimum Gasteiger partial charge on any atom is -0.394 e. The third-order valence-electron chi connectivity index (χ3n) is 9.32. The van der Waals surface area contributed by atoms with E-state index < -0.39 is 35.6 Å². The highest BCUT2D eigenvalue weighted by Crippen LogP contribution is 2.61. The first kappa shape index (κ1) is 33.4. The molecule has 3 fully saturated rings. The molecule has 1 aromatic carbocycles. The monoisotopic (exact) mass is 657 g/mol. The number of fused-ring (bicyclic) bond motifs is 1. The number of ether oxygens (including phenoxy) is 1. The van der Waals surface area contributed by atoms with Crippen molar-refractivity contribution in [3.8, 4) is 0 Å². The number of halogens is 1. The molecule has 0 saturated carbocycles. The normalized spacial score (nSPS) is 29.0. The van der Waals surface area contributed by atoms with E-state index in [4.69, 9.17) is 4.74 Å². The molecule has 0 aromatic heterocycles. The van der Waals surface area contributed by atoms with Crippen LogP contribution in [0.4, 0.5) is 0 Å². The van der Waals surface area contributed by atoms with Crippen LogP contribution >= 0.6 is 15.9 Å². The predicted molar refractivity (Wildman–Crippen MR) is 171 cm³/mol. The Balaban J connectivity index is 1.80. The third-order valence-corrected chi connectivity index (χ3v) is 10.2. The maximum Gasteiger partial charge on any atom is 0.248 e. The van der Waals surface area contributed by atoms with E-state index in [0.29, 0.717) is 32.5 Å². The van der Waals surface area contributed by atoms with E-state index in [2.05, 4.69) is 36.0 Å². The molecule has 3 aliphatic heterocycles. The number of aliphatic hydroxyl groups is 1. The number of hydrogen-bond acceptors (Lipinski definition) is 5. The molecule has 0 aliphatic carbocycles. The molecular formula is C34H48BrN3O5. The molecule has 3 heterocycles. The Labute approximate surface area is 265 Å². The molecule has 1 N–H and O–H groups in total. The lowest BCUT2D eigenvalue weighted by Gasteiger charge is -2.41. The number of carbonyl (C=O) groups excluding carboxylic acids is 3. The number of aliphatic hydroxyl groups excluding tert-OH is 1. The summed E-state index contributed by atoms with van der Waals surface area (Å²) in [4.78, 5) is 48.7. The van der Waals surface area contributed by atoms with Crippen LogP contribution in [0, 0.1) is 17.8 Å². The lowest BCUT2D eigenvalue weighted by atomic mass is 9.70. The van der Waals surface area contributed by atoms with E-state index in [-0.39, 0.29) is 41.1 Å². The van der Waals surface area contributed by atoms with Crippen molar-refractivity contribution >= 4 is 33.7 Å². The highest BCUT2D eigenvalue weighted by molar-refractivity contribution is 9.09. The van der Waals surface area contributed by atoms with E-state index >= 15 is 0 Å². The Hall–Kier alpha value is -2.49. The molecule has 4 unspecified atom stereocenters. The lowest BCUT2D eigenvalue weighted by Crippen LogP contribution is -2.60. The summed E-state index contributed by atoms with van der Waals surface area (Å²) in [5, 5.41) is 10.6. The fourth-order valence-corrected chi connectivity index (χ4v) is 8.55. The van der Waals surface area contributed by atoms with Crippen LogP contribution in [0.1, 0.15) is 58.9 Å². The van der Waals surface area contributed by atoms with Crippen LogP contribution in [0.3, 0.4) is 0 Å². The molecule has 3 saturated heterocycles. The highest BCUT2D eigenvalue weighted by atomic mass is 79.9. The van der Waals surface area contributed by atoms with E-state index in [9.17, 15) is 19.5 Å². The van der Waals surface area contributed by atoms with Crippen LogP contribution in [0.5, 0.6) is 0 Å². The summed E-state index contributed by atoms with van der Waals surface area (Å²) in [6, 6.07) is 8.13. The molecule has 2 bridgehead atoms. The van der Waals surface area contributed by atoms with E-state index in [0.717, 1.165) is 18.4 Å². The van der Waals surface area contributed by atoms with E-state index in [1.165, 1.54) is 0 Å². The predicted octanol–water partition coefficient (Wildman–Crippen LogP) is 4.56. The Morgan fingerprint density at radius 3 is 2.42 bits per heavy atom. The zero-order valence-electron chi connectivity index (χ0n) is 26.0. The fourth-order valence-electron chi connectivity index (χ4n) is 7.60. The lowest BCUT2D eigenvalue weighted by molar-refractivity contribution is -0.153. The largest absolute Gasteiger partial charge is 0.394 e. The molecule has 8 nitrogen and oxygen atoms in total. The molecule has 4 rings (SSSR count). The fraction of sp³-hybridized carbons (Fsp3) is 0.618. The van der Waals surface area contributed by atoms with Crippen molar-refractivity contribution < 1.29 is 24.2 Å². The smallest absolute Gasteiger partial charge is 0.248 e. The van der Waals surface area contributed by atoms with Crippen LogP contribution in [0.2, 0.25) is 0 Å². The first-order chi connectivity index (χ1) is 20.6. The van der Waals surface area contributed by atoms with Crippen molar-refractivity contribution in [2.75, 3.05) is 19.7 Å². The van der Waals surface area contributed by atoms with Crippen LogP contribution in [-0.4, -0.2) is 91.9 Å². The van der Waals surface area contributed by atoms with Gasteiger partial charge in [0.1, 0.15) is 11.6 Å². The standard InChI is InChI=1S/C34H48BrN3O5/c1-7-13-23(6)37(17-9-3)33(42)30-34-19-26(35)29(43-34)27(28(34)32(41)38(30)25(21-39)18-22(4)5)31(40)36(16-8-2)20-24-14-11-10-12-15-24/h8-12,14-15,22-23,25-30,39H,2-3,7,13,16-21H2,1,4-6H3/t23?,25-,26?,27+,28+,29+,30?,34?/m1/s1. The van der Waals surface area contributed by atoms with Gasteiger partial charge in [-0.25, -0.2) is 0 Å². The molecule has 3 aliphatic rings. The molecule has 0 radical (unpaired) electrons. The van der Waals surface area contributed by atoms with Crippen molar-refractivity contribution in [3.63, 3.8) is 0 Å². The number of rotatable bonds is 15. The summed E-state index contributed by atoms with van der Waals surface area (Å²) >= 11 is 3.79. The molecule has 3 amide bonds. The molecule has 236 valence electrons. The molecule has 43 heavy (non-hydrogen) atoms. The third kappa shape index (κ3) is 6.22. The van der Waals surface area contributed by atoms with Gasteiger partial charge in [0.15, 0.2) is 0 Å². The van der Waals surface area contributed by atoms with Gasteiger partial charge < -0.3 is 24.5 Å². The summed E-state index contributed by atoms with van der Waals surface area (Å²) in [6.07, 6.45) is 5.49. The number of amides is 3. The van der Waals surface area contributed by atoms with Gasteiger partial charge in [-0.05, 0) is 37.7 Å². The minimum atomic E-state index is -1.18. The molecule has 1 spiro atoms. The average molecular weight is 659 g/mol. The maximum absolute atomic E-state index is 14.7. The number of benzene rings is 1. The van der Waals surface area contributed by atoms with Crippen molar-refractivity contribution in [1.82, 2.24) is 14.7 Å². The van der Waals surface area contributed by atoms with Crippen LogP contribution in [0.25, 0.3) is 0 Å². The van der Waals surface area contributed by atoms with E-state index in [1.807, 2.05) is 51.1 Å². The van der Waals surface area contributed by atoms with Gasteiger partial charge in [0.05, 0.1) is 30.6 Å². The number of hydrogen-bond donors (Lipinski definition) is 1. The molecule has 9 heteroatoms. The van der Waals surface area contributed by atoms with Crippen LogP contribution in [-0.2, 0) is 25.7 Å². The van der Waals surface area contributed by atoms with Crippen molar-refractivity contribution in [2.24, 2.45) is 17.8 Å². The highest BCUT2D eigenvalue weighted by Gasteiger charge is 2.77. The minimum absolute atomic E-state index is 0.0784. The molecular weight excluding hydrogens is 610 g/mol. The van der Waals surface area contributed by atoms with Crippen molar-refractivity contribution in [1.29, 1.82) is 0 Å². The Bertz CT molecular complexity index is 1180. The van der Waals surface area contributed by atoms with Gasteiger partial charge in [-0.1, -0.05) is 85.6 Å². The Morgan fingerprint density at radius 2 is 1.84 bits per heavy atom. The second-order valence-corrected chi connectivity index (χ2v) is 14.0. The number of likely N-dealkylation sites (tertiary alicyclic amines) is 1. The van der Waals surface area contributed by atoms with Gasteiger partial charge in [-0.2, -0.15) is 0 Å².